The molecule has 3 aromatic rings. The van der Waals surface area contributed by atoms with Gasteiger partial charge >= 0.3 is 0 Å². The Morgan fingerprint density at radius 3 is 2.55 bits per heavy atom. The normalized spacial score (nSPS) is 10.9. The molecule has 1 heterocycles. The maximum Gasteiger partial charge on any atom is 0.159 e. The van der Waals surface area contributed by atoms with Crippen LogP contribution in [0.1, 0.15) is 22.8 Å². The van der Waals surface area contributed by atoms with Gasteiger partial charge in [-0.25, -0.2) is 4.39 Å². The van der Waals surface area contributed by atoms with E-state index in [1.165, 1.54) is 12.1 Å². The zero-order valence-electron chi connectivity index (χ0n) is 11.1. The molecular formula is C17H14FNO. The second-order valence-electron chi connectivity index (χ2n) is 4.90. The predicted octanol–water partition coefficient (Wildman–Crippen LogP) is 4.03. The minimum absolute atomic E-state index is 0.0678. The highest BCUT2D eigenvalue weighted by Crippen LogP contribution is 2.19. The molecule has 0 fully saturated rings. The first-order chi connectivity index (χ1) is 9.63. The Hall–Kier alpha value is -2.42. The third kappa shape index (κ3) is 2.35. The van der Waals surface area contributed by atoms with Gasteiger partial charge in [-0.3, -0.25) is 4.79 Å². The van der Waals surface area contributed by atoms with Gasteiger partial charge in [0.1, 0.15) is 5.82 Å². The first-order valence-corrected chi connectivity index (χ1v) is 6.48. The number of aromatic nitrogens is 1. The number of rotatable bonds is 3. The summed E-state index contributed by atoms with van der Waals surface area (Å²) in [5, 5.41) is 1.04. The number of carbonyl (C=O) groups excluding carboxylic acids is 1. The zero-order valence-corrected chi connectivity index (χ0v) is 11.1. The van der Waals surface area contributed by atoms with E-state index in [2.05, 4.69) is 4.57 Å². The highest BCUT2D eigenvalue weighted by molar-refractivity contribution is 5.98. The lowest BCUT2D eigenvalue weighted by Gasteiger charge is -2.06. The second-order valence-corrected chi connectivity index (χ2v) is 4.90. The maximum atomic E-state index is 12.9. The molecule has 0 aliphatic carbocycles. The van der Waals surface area contributed by atoms with Crippen molar-refractivity contribution < 1.29 is 9.18 Å². The Labute approximate surface area is 116 Å². The van der Waals surface area contributed by atoms with Crippen molar-refractivity contribution in [3.8, 4) is 0 Å². The minimum Gasteiger partial charge on any atom is -0.343 e. The first kappa shape index (κ1) is 12.6. The van der Waals surface area contributed by atoms with Crippen LogP contribution in [0.4, 0.5) is 4.39 Å². The number of ketones is 1. The van der Waals surface area contributed by atoms with Crippen LogP contribution in [0.25, 0.3) is 10.9 Å². The number of benzene rings is 2. The van der Waals surface area contributed by atoms with Crippen molar-refractivity contribution in [1.82, 2.24) is 4.57 Å². The lowest BCUT2D eigenvalue weighted by atomic mass is 10.1. The van der Waals surface area contributed by atoms with Crippen LogP contribution in [0.5, 0.6) is 0 Å². The van der Waals surface area contributed by atoms with E-state index in [4.69, 9.17) is 0 Å². The molecule has 100 valence electrons. The van der Waals surface area contributed by atoms with Crippen molar-refractivity contribution in [3.63, 3.8) is 0 Å². The van der Waals surface area contributed by atoms with Gasteiger partial charge in [0.15, 0.2) is 5.78 Å². The topological polar surface area (TPSA) is 22.0 Å². The lowest BCUT2D eigenvalue weighted by Crippen LogP contribution is -1.98. The van der Waals surface area contributed by atoms with Crippen LogP contribution >= 0.6 is 0 Å². The van der Waals surface area contributed by atoms with Crippen LogP contribution < -0.4 is 0 Å². The Morgan fingerprint density at radius 2 is 1.85 bits per heavy atom. The van der Waals surface area contributed by atoms with Gasteiger partial charge in [0.25, 0.3) is 0 Å². The van der Waals surface area contributed by atoms with Gasteiger partial charge in [-0.1, -0.05) is 12.1 Å². The van der Waals surface area contributed by atoms with Gasteiger partial charge in [-0.05, 0) is 48.9 Å². The van der Waals surface area contributed by atoms with E-state index in [1.807, 2.05) is 30.5 Å². The maximum absolute atomic E-state index is 12.9. The monoisotopic (exact) mass is 267 g/mol. The summed E-state index contributed by atoms with van der Waals surface area (Å²) >= 11 is 0. The number of halogens is 1. The molecule has 0 amide bonds. The molecule has 0 saturated carbocycles. The standard InChI is InChI=1S/C17H14FNO/c1-12(20)14-4-7-17-15(10-14)8-9-19(17)11-13-2-5-16(18)6-3-13/h2-10H,11H2,1H3. The smallest absolute Gasteiger partial charge is 0.159 e. The fourth-order valence-corrected chi connectivity index (χ4v) is 2.34. The van der Waals surface area contributed by atoms with E-state index in [-0.39, 0.29) is 11.6 Å². The molecule has 1 aromatic heterocycles. The Kier molecular flexibility index (Phi) is 3.11. The van der Waals surface area contributed by atoms with Crippen LogP contribution in [0.3, 0.4) is 0 Å². The Bertz CT molecular complexity index is 771. The molecule has 0 N–H and O–H groups in total. The fraction of sp³-hybridized carbons (Fsp3) is 0.118. The van der Waals surface area contributed by atoms with Gasteiger partial charge < -0.3 is 4.57 Å². The minimum atomic E-state index is -0.225. The van der Waals surface area contributed by atoms with Gasteiger partial charge in [0.2, 0.25) is 0 Å². The summed E-state index contributed by atoms with van der Waals surface area (Å²) in [6.07, 6.45) is 1.98. The quantitative estimate of drug-likeness (QED) is 0.657. The van der Waals surface area contributed by atoms with Crippen molar-refractivity contribution in [2.24, 2.45) is 0 Å². The summed E-state index contributed by atoms with van der Waals surface area (Å²) < 4.78 is 15.0. The van der Waals surface area contributed by atoms with Crippen molar-refractivity contribution in [3.05, 3.63) is 71.7 Å². The van der Waals surface area contributed by atoms with Gasteiger partial charge in [0, 0.05) is 29.2 Å². The molecule has 0 spiro atoms. The van der Waals surface area contributed by atoms with Crippen molar-refractivity contribution in [2.75, 3.05) is 0 Å². The highest BCUT2D eigenvalue weighted by Gasteiger charge is 2.05. The van der Waals surface area contributed by atoms with Crippen LogP contribution in [0, 0.1) is 5.82 Å². The van der Waals surface area contributed by atoms with E-state index >= 15 is 0 Å². The average Bonchev–Trinajstić information content (AvgIpc) is 2.84. The third-order valence-electron chi connectivity index (χ3n) is 3.44. The summed E-state index contributed by atoms with van der Waals surface area (Å²) in [5.41, 5.74) is 2.83. The van der Waals surface area contributed by atoms with Crippen LogP contribution in [0.2, 0.25) is 0 Å². The van der Waals surface area contributed by atoms with Crippen molar-refractivity contribution >= 4 is 16.7 Å². The van der Waals surface area contributed by atoms with E-state index in [0.717, 1.165) is 22.0 Å². The molecule has 3 heteroatoms. The first-order valence-electron chi connectivity index (χ1n) is 6.48. The third-order valence-corrected chi connectivity index (χ3v) is 3.44. The zero-order chi connectivity index (χ0) is 14.1. The number of fused-ring (bicyclic) bond motifs is 1. The molecule has 0 unspecified atom stereocenters. The van der Waals surface area contributed by atoms with Crippen molar-refractivity contribution in [1.29, 1.82) is 0 Å². The van der Waals surface area contributed by atoms with Crippen LogP contribution in [-0.4, -0.2) is 10.4 Å². The van der Waals surface area contributed by atoms with Crippen LogP contribution in [-0.2, 0) is 6.54 Å². The molecule has 0 aliphatic rings. The van der Waals surface area contributed by atoms with E-state index in [1.54, 1.807) is 19.1 Å². The van der Waals surface area contributed by atoms with Crippen molar-refractivity contribution in [2.45, 2.75) is 13.5 Å². The molecule has 2 nitrogen and oxygen atoms in total. The molecule has 0 bridgehead atoms. The van der Waals surface area contributed by atoms with E-state index < -0.39 is 0 Å². The van der Waals surface area contributed by atoms with Gasteiger partial charge in [0.05, 0.1) is 0 Å². The summed E-state index contributed by atoms with van der Waals surface area (Å²) in [4.78, 5) is 11.4. The average molecular weight is 267 g/mol. The molecule has 0 atom stereocenters. The summed E-state index contributed by atoms with van der Waals surface area (Å²) in [7, 11) is 0. The number of carbonyl (C=O) groups is 1. The van der Waals surface area contributed by atoms with Gasteiger partial charge in [-0.2, -0.15) is 0 Å². The number of Topliss-reactive ketones (excluding diaryl/α,β-unsaturated/α-hetero) is 1. The summed E-state index contributed by atoms with van der Waals surface area (Å²) in [5.74, 6) is -0.157. The van der Waals surface area contributed by atoms with E-state index in [0.29, 0.717) is 6.54 Å². The second kappa shape index (κ2) is 4.93. The predicted molar refractivity (Wildman–Crippen MR) is 77.4 cm³/mol. The number of hydrogen-bond donors (Lipinski definition) is 0. The molecular weight excluding hydrogens is 253 g/mol. The highest BCUT2D eigenvalue weighted by atomic mass is 19.1. The van der Waals surface area contributed by atoms with Gasteiger partial charge in [-0.15, -0.1) is 0 Å². The fourth-order valence-electron chi connectivity index (χ4n) is 2.34. The molecule has 2 aromatic carbocycles. The summed E-state index contributed by atoms with van der Waals surface area (Å²) in [6, 6.07) is 14.2. The lowest BCUT2D eigenvalue weighted by molar-refractivity contribution is 0.101. The SMILES string of the molecule is CC(=O)c1ccc2c(ccn2Cc2ccc(F)cc2)c1. The molecule has 0 saturated heterocycles. The Morgan fingerprint density at radius 1 is 1.10 bits per heavy atom. The number of hydrogen-bond acceptors (Lipinski definition) is 1. The summed E-state index contributed by atoms with van der Waals surface area (Å²) in [6.45, 7) is 2.25. The number of nitrogens with zero attached hydrogens (tertiary/aromatic N) is 1. The largest absolute Gasteiger partial charge is 0.343 e. The molecule has 20 heavy (non-hydrogen) atoms. The van der Waals surface area contributed by atoms with E-state index in [9.17, 15) is 9.18 Å². The molecule has 3 rings (SSSR count). The molecule has 0 radical (unpaired) electrons. The molecule has 0 aliphatic heterocycles. The van der Waals surface area contributed by atoms with Crippen LogP contribution in [0.15, 0.2) is 54.7 Å². The Balaban J connectivity index is 1.96.